The highest BCUT2D eigenvalue weighted by Gasteiger charge is 2.38. The normalized spacial score (nSPS) is 22.0. The van der Waals surface area contributed by atoms with Crippen LogP contribution in [0.4, 0.5) is 9.18 Å². The summed E-state index contributed by atoms with van der Waals surface area (Å²) in [5, 5.41) is 9.25. The van der Waals surface area contributed by atoms with Gasteiger partial charge in [0.25, 0.3) is 0 Å². The van der Waals surface area contributed by atoms with Crippen molar-refractivity contribution in [2.75, 3.05) is 12.8 Å². The third-order valence-electron chi connectivity index (χ3n) is 3.52. The standard InChI is InChI=1S/C13H16BrFN2O4S/c1-22(20,21)16-11-2-3-17(13(18)19)12(11)6-8-4-9(14)7-10(15)5-8/h4-5,7,11-12,16H,2-3,6H2,1H3,(H,18,19). The molecule has 1 fully saturated rings. The van der Waals surface area contributed by atoms with E-state index in [0.717, 1.165) is 6.26 Å². The van der Waals surface area contributed by atoms with Crippen LogP contribution in [0.1, 0.15) is 12.0 Å². The predicted octanol–water partition coefficient (Wildman–Crippen LogP) is 1.80. The van der Waals surface area contributed by atoms with Gasteiger partial charge in [0, 0.05) is 17.1 Å². The van der Waals surface area contributed by atoms with E-state index < -0.39 is 34.0 Å². The monoisotopic (exact) mass is 394 g/mol. The molecule has 2 unspecified atom stereocenters. The van der Waals surface area contributed by atoms with Crippen LogP contribution in [0.25, 0.3) is 0 Å². The van der Waals surface area contributed by atoms with E-state index in [2.05, 4.69) is 20.7 Å². The minimum atomic E-state index is -3.45. The Bertz CT molecular complexity index is 662. The molecule has 0 bridgehead atoms. The molecule has 2 atom stereocenters. The van der Waals surface area contributed by atoms with Crippen LogP contribution in [0.2, 0.25) is 0 Å². The molecule has 0 spiro atoms. The molecule has 1 aromatic rings. The first kappa shape index (κ1) is 17.2. The summed E-state index contributed by atoms with van der Waals surface area (Å²) in [4.78, 5) is 12.5. The van der Waals surface area contributed by atoms with Gasteiger partial charge in [-0.2, -0.15) is 0 Å². The number of halogens is 2. The summed E-state index contributed by atoms with van der Waals surface area (Å²) in [5.74, 6) is -0.433. The van der Waals surface area contributed by atoms with Crippen molar-refractivity contribution in [3.05, 3.63) is 34.1 Å². The van der Waals surface area contributed by atoms with E-state index in [4.69, 9.17) is 0 Å². The molecule has 0 aliphatic carbocycles. The second kappa shape index (κ2) is 6.51. The van der Waals surface area contributed by atoms with E-state index in [1.54, 1.807) is 6.07 Å². The number of sulfonamides is 1. The Labute approximate surface area is 136 Å². The number of nitrogens with one attached hydrogen (secondary N) is 1. The lowest BCUT2D eigenvalue weighted by molar-refractivity contribution is 0.137. The first-order valence-electron chi connectivity index (χ1n) is 6.57. The maximum atomic E-state index is 13.5. The van der Waals surface area contributed by atoms with E-state index in [1.165, 1.54) is 17.0 Å². The number of carboxylic acid groups (broad SMARTS) is 1. The quantitative estimate of drug-likeness (QED) is 0.814. The number of hydrogen-bond acceptors (Lipinski definition) is 3. The Morgan fingerprint density at radius 2 is 2.18 bits per heavy atom. The molecule has 1 aliphatic rings. The van der Waals surface area contributed by atoms with Crippen molar-refractivity contribution in [1.82, 2.24) is 9.62 Å². The average molecular weight is 395 g/mol. The largest absolute Gasteiger partial charge is 0.465 e. The van der Waals surface area contributed by atoms with Gasteiger partial charge in [0.05, 0.1) is 12.3 Å². The summed E-state index contributed by atoms with van der Waals surface area (Å²) in [6, 6.07) is 3.23. The topological polar surface area (TPSA) is 86.7 Å². The molecule has 2 N–H and O–H groups in total. The zero-order chi connectivity index (χ0) is 16.5. The summed E-state index contributed by atoms with van der Waals surface area (Å²) < 4.78 is 39.3. The Kier molecular flexibility index (Phi) is 5.08. The zero-order valence-corrected chi connectivity index (χ0v) is 14.2. The first-order chi connectivity index (χ1) is 10.2. The second-order valence-corrected chi connectivity index (χ2v) is 8.01. The lowest BCUT2D eigenvalue weighted by atomic mass is 10.0. The van der Waals surface area contributed by atoms with Gasteiger partial charge in [-0.15, -0.1) is 0 Å². The second-order valence-electron chi connectivity index (χ2n) is 5.31. The van der Waals surface area contributed by atoms with Crippen LogP contribution in [0, 0.1) is 5.82 Å². The fourth-order valence-electron chi connectivity index (χ4n) is 2.73. The molecular weight excluding hydrogens is 379 g/mol. The van der Waals surface area contributed by atoms with Crippen molar-refractivity contribution in [2.24, 2.45) is 0 Å². The van der Waals surface area contributed by atoms with Gasteiger partial charge >= 0.3 is 6.09 Å². The first-order valence-corrected chi connectivity index (χ1v) is 9.26. The van der Waals surface area contributed by atoms with E-state index >= 15 is 0 Å². The van der Waals surface area contributed by atoms with E-state index in [1.807, 2.05) is 0 Å². The van der Waals surface area contributed by atoms with Gasteiger partial charge in [0.2, 0.25) is 10.0 Å². The Morgan fingerprint density at radius 1 is 1.50 bits per heavy atom. The highest BCUT2D eigenvalue weighted by molar-refractivity contribution is 9.10. The van der Waals surface area contributed by atoms with Gasteiger partial charge in [-0.1, -0.05) is 15.9 Å². The van der Waals surface area contributed by atoms with E-state index in [-0.39, 0.29) is 13.0 Å². The number of amides is 1. The average Bonchev–Trinajstić information content (AvgIpc) is 2.68. The van der Waals surface area contributed by atoms with Crippen molar-refractivity contribution in [2.45, 2.75) is 24.9 Å². The number of hydrogen-bond donors (Lipinski definition) is 2. The molecule has 1 aromatic carbocycles. The lowest BCUT2D eigenvalue weighted by Gasteiger charge is -2.26. The number of benzene rings is 1. The van der Waals surface area contributed by atoms with Crippen LogP contribution < -0.4 is 4.72 Å². The van der Waals surface area contributed by atoms with Crippen molar-refractivity contribution in [3.63, 3.8) is 0 Å². The van der Waals surface area contributed by atoms with E-state index in [9.17, 15) is 22.7 Å². The zero-order valence-electron chi connectivity index (χ0n) is 11.8. The molecule has 0 aromatic heterocycles. The fourth-order valence-corrected chi connectivity index (χ4v) is 4.06. The van der Waals surface area contributed by atoms with Crippen LogP contribution in [0.15, 0.2) is 22.7 Å². The molecular formula is C13H16BrFN2O4S. The van der Waals surface area contributed by atoms with Crippen LogP contribution in [0.3, 0.4) is 0 Å². The molecule has 1 saturated heterocycles. The Balaban J connectivity index is 2.26. The van der Waals surface area contributed by atoms with Gasteiger partial charge in [-0.05, 0) is 36.6 Å². The molecule has 6 nitrogen and oxygen atoms in total. The van der Waals surface area contributed by atoms with Gasteiger partial charge < -0.3 is 10.0 Å². The number of nitrogens with zero attached hydrogens (tertiary/aromatic N) is 1. The van der Waals surface area contributed by atoms with Crippen LogP contribution >= 0.6 is 15.9 Å². The summed E-state index contributed by atoms with van der Waals surface area (Å²) in [5.41, 5.74) is 0.602. The third kappa shape index (κ3) is 4.40. The Hall–Kier alpha value is -1.19. The van der Waals surface area contributed by atoms with Crippen LogP contribution in [0.5, 0.6) is 0 Å². The van der Waals surface area contributed by atoms with Gasteiger partial charge in [0.1, 0.15) is 5.82 Å². The van der Waals surface area contributed by atoms with Crippen molar-refractivity contribution >= 4 is 32.0 Å². The molecule has 1 amide bonds. The highest BCUT2D eigenvalue weighted by atomic mass is 79.9. The highest BCUT2D eigenvalue weighted by Crippen LogP contribution is 2.24. The minimum absolute atomic E-state index is 0.232. The minimum Gasteiger partial charge on any atom is -0.465 e. The maximum absolute atomic E-state index is 13.5. The summed E-state index contributed by atoms with van der Waals surface area (Å²) >= 11 is 3.19. The molecule has 1 heterocycles. The fraction of sp³-hybridized carbons (Fsp3) is 0.462. The number of rotatable bonds is 4. The SMILES string of the molecule is CS(=O)(=O)NC1CCN(C(=O)O)C1Cc1cc(F)cc(Br)c1. The Morgan fingerprint density at radius 3 is 2.73 bits per heavy atom. The number of carbonyl (C=O) groups is 1. The number of likely N-dealkylation sites (tertiary alicyclic amines) is 1. The predicted molar refractivity (Wildman–Crippen MR) is 82.7 cm³/mol. The molecule has 9 heteroatoms. The van der Waals surface area contributed by atoms with Crippen molar-refractivity contribution < 1.29 is 22.7 Å². The summed E-state index contributed by atoms with van der Waals surface area (Å²) in [6.45, 7) is 0.240. The summed E-state index contributed by atoms with van der Waals surface area (Å²) in [6.07, 6.45) is 0.543. The van der Waals surface area contributed by atoms with Crippen molar-refractivity contribution in [1.29, 1.82) is 0 Å². The van der Waals surface area contributed by atoms with Gasteiger partial charge in [0.15, 0.2) is 0 Å². The van der Waals surface area contributed by atoms with Gasteiger partial charge in [-0.3, -0.25) is 0 Å². The molecule has 22 heavy (non-hydrogen) atoms. The third-order valence-corrected chi connectivity index (χ3v) is 4.71. The maximum Gasteiger partial charge on any atom is 0.407 e. The molecule has 2 rings (SSSR count). The van der Waals surface area contributed by atoms with Gasteiger partial charge in [-0.25, -0.2) is 22.3 Å². The van der Waals surface area contributed by atoms with Crippen LogP contribution in [-0.4, -0.2) is 49.4 Å². The molecule has 0 saturated carbocycles. The van der Waals surface area contributed by atoms with E-state index in [0.29, 0.717) is 16.5 Å². The summed E-state index contributed by atoms with van der Waals surface area (Å²) in [7, 11) is -3.45. The lowest BCUT2D eigenvalue weighted by Crippen LogP contribution is -2.47. The molecule has 1 aliphatic heterocycles. The smallest absolute Gasteiger partial charge is 0.407 e. The molecule has 0 radical (unpaired) electrons. The molecule has 122 valence electrons. The van der Waals surface area contributed by atoms with Crippen LogP contribution in [-0.2, 0) is 16.4 Å². The van der Waals surface area contributed by atoms with Crippen molar-refractivity contribution in [3.8, 4) is 0 Å².